The topological polar surface area (TPSA) is 41.6 Å². The third-order valence-corrected chi connectivity index (χ3v) is 2.84. The van der Waals surface area contributed by atoms with Crippen LogP contribution in [0.1, 0.15) is 63.3 Å². The van der Waals surface area contributed by atoms with Gasteiger partial charge in [-0.05, 0) is 19.8 Å². The van der Waals surface area contributed by atoms with Crippen molar-refractivity contribution in [3.8, 4) is 0 Å². The summed E-state index contributed by atoms with van der Waals surface area (Å²) < 4.78 is 0. The van der Waals surface area contributed by atoms with Crippen LogP contribution in [0.15, 0.2) is 0 Å². The van der Waals surface area contributed by atoms with Gasteiger partial charge in [-0.2, -0.15) is 15.4 Å². The molecule has 0 aromatic carbocycles. The maximum Gasteiger partial charge on any atom is 0.0853 e. The predicted molar refractivity (Wildman–Crippen MR) is 62.8 cm³/mol. The number of nitrogens with one attached hydrogen (secondary N) is 1. The van der Waals surface area contributed by atoms with Gasteiger partial charge < -0.3 is 0 Å². The van der Waals surface area contributed by atoms with Crippen molar-refractivity contribution in [1.82, 2.24) is 15.4 Å². The Hall–Kier alpha value is -0.860. The van der Waals surface area contributed by atoms with Gasteiger partial charge in [0.2, 0.25) is 0 Å². The monoisotopic (exact) mass is 209 g/mol. The summed E-state index contributed by atoms with van der Waals surface area (Å²) in [5.41, 5.74) is 2.20. The molecular weight excluding hydrogens is 186 g/mol. The summed E-state index contributed by atoms with van der Waals surface area (Å²) in [4.78, 5) is 0. The van der Waals surface area contributed by atoms with E-state index < -0.39 is 0 Å². The average Bonchev–Trinajstić information content (AvgIpc) is 2.63. The van der Waals surface area contributed by atoms with E-state index in [1.54, 1.807) is 0 Å². The molecule has 0 unspecified atom stereocenters. The van der Waals surface area contributed by atoms with E-state index in [9.17, 15) is 0 Å². The highest BCUT2D eigenvalue weighted by atomic mass is 15.3. The first-order valence-corrected chi connectivity index (χ1v) is 6.21. The Labute approximate surface area is 92.7 Å². The molecule has 3 heteroatoms. The molecule has 0 bridgehead atoms. The van der Waals surface area contributed by atoms with Gasteiger partial charge in [0.25, 0.3) is 0 Å². The Kier molecular flexibility index (Phi) is 6.05. The molecule has 86 valence electrons. The summed E-state index contributed by atoms with van der Waals surface area (Å²) in [6.07, 6.45) is 10.5. The van der Waals surface area contributed by atoms with Crippen LogP contribution in [-0.2, 0) is 6.42 Å². The van der Waals surface area contributed by atoms with Crippen LogP contribution in [0.2, 0.25) is 0 Å². The van der Waals surface area contributed by atoms with E-state index in [1.165, 1.54) is 44.9 Å². The number of aromatic nitrogens is 3. The summed E-state index contributed by atoms with van der Waals surface area (Å²) in [6, 6.07) is 0. The summed E-state index contributed by atoms with van der Waals surface area (Å²) in [5, 5.41) is 10.8. The molecule has 0 aliphatic heterocycles. The van der Waals surface area contributed by atoms with Gasteiger partial charge in [0.05, 0.1) is 11.4 Å². The first kappa shape index (κ1) is 12.2. The van der Waals surface area contributed by atoms with Crippen molar-refractivity contribution < 1.29 is 0 Å². The average molecular weight is 209 g/mol. The molecule has 0 spiro atoms. The van der Waals surface area contributed by atoms with Crippen LogP contribution in [0.5, 0.6) is 0 Å². The number of rotatable bonds is 8. The lowest BCUT2D eigenvalue weighted by Gasteiger charge is -2.00. The predicted octanol–water partition coefficient (Wildman–Crippen LogP) is 3.41. The van der Waals surface area contributed by atoms with E-state index in [1.807, 2.05) is 6.92 Å². The van der Waals surface area contributed by atoms with Gasteiger partial charge in [-0.15, -0.1) is 0 Å². The van der Waals surface area contributed by atoms with Gasteiger partial charge in [0, 0.05) is 0 Å². The zero-order chi connectivity index (χ0) is 10.9. The third kappa shape index (κ3) is 4.96. The molecule has 0 aliphatic rings. The largest absolute Gasteiger partial charge is 0.197 e. The minimum atomic E-state index is 1.06. The Morgan fingerprint density at radius 1 is 0.933 bits per heavy atom. The van der Waals surface area contributed by atoms with Crippen molar-refractivity contribution >= 4 is 0 Å². The maximum absolute atomic E-state index is 4.13. The Morgan fingerprint density at radius 3 is 2.20 bits per heavy atom. The molecule has 0 saturated heterocycles. The van der Waals surface area contributed by atoms with Crippen LogP contribution in [0.3, 0.4) is 0 Å². The van der Waals surface area contributed by atoms with Crippen molar-refractivity contribution in [3.63, 3.8) is 0 Å². The smallest absolute Gasteiger partial charge is 0.0853 e. The van der Waals surface area contributed by atoms with Crippen LogP contribution < -0.4 is 0 Å². The summed E-state index contributed by atoms with van der Waals surface area (Å²) in [5.74, 6) is 0. The van der Waals surface area contributed by atoms with Crippen LogP contribution in [-0.4, -0.2) is 15.4 Å². The molecule has 1 aromatic heterocycles. The lowest BCUT2D eigenvalue weighted by Crippen LogP contribution is -1.89. The third-order valence-electron chi connectivity index (χ3n) is 2.84. The van der Waals surface area contributed by atoms with Crippen LogP contribution >= 0.6 is 0 Å². The fraction of sp³-hybridized carbons (Fsp3) is 0.833. The number of aryl methyl sites for hydroxylation is 2. The standard InChI is InChI=1S/C12H23N3/c1-3-4-5-6-7-8-9-10-12-11(2)13-15-14-12/h3-10H2,1-2H3,(H,13,14,15). The minimum Gasteiger partial charge on any atom is -0.197 e. The maximum atomic E-state index is 4.13. The molecule has 15 heavy (non-hydrogen) atoms. The molecule has 0 aliphatic carbocycles. The van der Waals surface area contributed by atoms with Crippen molar-refractivity contribution in [2.75, 3.05) is 0 Å². The molecule has 1 aromatic rings. The Morgan fingerprint density at radius 2 is 1.60 bits per heavy atom. The van der Waals surface area contributed by atoms with Gasteiger partial charge in [-0.1, -0.05) is 45.4 Å². The number of H-pyrrole nitrogens is 1. The van der Waals surface area contributed by atoms with Gasteiger partial charge in [-0.3, -0.25) is 0 Å². The number of nitrogens with zero attached hydrogens (tertiary/aromatic N) is 2. The molecule has 0 atom stereocenters. The zero-order valence-electron chi connectivity index (χ0n) is 10.1. The molecule has 0 saturated carbocycles. The number of hydrogen-bond donors (Lipinski definition) is 1. The van der Waals surface area contributed by atoms with E-state index in [0.717, 1.165) is 17.8 Å². The molecule has 0 radical (unpaired) electrons. The second-order valence-corrected chi connectivity index (χ2v) is 4.23. The van der Waals surface area contributed by atoms with Crippen molar-refractivity contribution in [2.24, 2.45) is 0 Å². The molecule has 0 amide bonds. The molecule has 1 rings (SSSR count). The lowest BCUT2D eigenvalue weighted by atomic mass is 10.1. The molecule has 1 N–H and O–H groups in total. The van der Waals surface area contributed by atoms with Gasteiger partial charge in [0.1, 0.15) is 0 Å². The minimum absolute atomic E-state index is 1.06. The van der Waals surface area contributed by atoms with Crippen molar-refractivity contribution in [2.45, 2.75) is 65.2 Å². The Bertz CT molecular complexity index is 255. The van der Waals surface area contributed by atoms with Crippen molar-refractivity contribution in [1.29, 1.82) is 0 Å². The number of unbranched alkanes of at least 4 members (excludes halogenated alkanes) is 6. The van der Waals surface area contributed by atoms with Crippen LogP contribution in [0.4, 0.5) is 0 Å². The Balaban J connectivity index is 1.96. The van der Waals surface area contributed by atoms with E-state index >= 15 is 0 Å². The zero-order valence-corrected chi connectivity index (χ0v) is 10.1. The summed E-state index contributed by atoms with van der Waals surface area (Å²) >= 11 is 0. The molecule has 3 nitrogen and oxygen atoms in total. The molecular formula is C12H23N3. The highest BCUT2D eigenvalue weighted by molar-refractivity contribution is 5.05. The van der Waals surface area contributed by atoms with Crippen LogP contribution in [0, 0.1) is 6.92 Å². The van der Waals surface area contributed by atoms with E-state index in [-0.39, 0.29) is 0 Å². The summed E-state index contributed by atoms with van der Waals surface area (Å²) in [7, 11) is 0. The van der Waals surface area contributed by atoms with Gasteiger partial charge >= 0.3 is 0 Å². The van der Waals surface area contributed by atoms with E-state index in [4.69, 9.17) is 0 Å². The fourth-order valence-electron chi connectivity index (χ4n) is 1.79. The summed E-state index contributed by atoms with van der Waals surface area (Å²) in [6.45, 7) is 4.27. The first-order chi connectivity index (χ1) is 7.34. The quantitative estimate of drug-likeness (QED) is 0.667. The number of aromatic amines is 1. The highest BCUT2D eigenvalue weighted by Gasteiger charge is 2.01. The van der Waals surface area contributed by atoms with Gasteiger partial charge in [-0.25, -0.2) is 0 Å². The fourth-order valence-corrected chi connectivity index (χ4v) is 1.79. The molecule has 1 heterocycles. The second kappa shape index (κ2) is 7.43. The van der Waals surface area contributed by atoms with Crippen molar-refractivity contribution in [3.05, 3.63) is 11.4 Å². The van der Waals surface area contributed by atoms with Gasteiger partial charge in [0.15, 0.2) is 0 Å². The van der Waals surface area contributed by atoms with Crippen LogP contribution in [0.25, 0.3) is 0 Å². The normalized spacial score (nSPS) is 10.8. The first-order valence-electron chi connectivity index (χ1n) is 6.21. The lowest BCUT2D eigenvalue weighted by molar-refractivity contribution is 0.586. The highest BCUT2D eigenvalue weighted by Crippen LogP contribution is 2.10. The second-order valence-electron chi connectivity index (χ2n) is 4.23. The van der Waals surface area contributed by atoms with E-state index in [2.05, 4.69) is 22.3 Å². The SMILES string of the molecule is CCCCCCCCCc1n[nH]nc1C. The molecule has 0 fully saturated rings. The number of hydrogen-bond acceptors (Lipinski definition) is 2. The van der Waals surface area contributed by atoms with E-state index in [0.29, 0.717) is 0 Å².